The Morgan fingerprint density at radius 3 is 2.21 bits per heavy atom. The van der Waals surface area contributed by atoms with Crippen molar-refractivity contribution in [3.63, 3.8) is 0 Å². The van der Waals surface area contributed by atoms with E-state index in [1.807, 2.05) is 40.7 Å². The molecular formula is C47H77NaO15. The van der Waals surface area contributed by atoms with Crippen LogP contribution in [0.2, 0.25) is 0 Å². The fourth-order valence-electron chi connectivity index (χ4n) is 11.9. The number of Topliss-reactive ketones (excluding diaryl/α,β-unsaturated/α-hetero) is 1. The number of hydrogen-bond acceptors (Lipinski definition) is 15. The Morgan fingerprint density at radius 2 is 1.59 bits per heavy atom. The van der Waals surface area contributed by atoms with Crippen LogP contribution < -0.4 is 34.7 Å². The van der Waals surface area contributed by atoms with E-state index in [0.29, 0.717) is 37.7 Å². The van der Waals surface area contributed by atoms with E-state index >= 15 is 0 Å². The van der Waals surface area contributed by atoms with Gasteiger partial charge in [-0.1, -0.05) is 61.5 Å². The van der Waals surface area contributed by atoms with E-state index in [4.69, 9.17) is 37.9 Å². The van der Waals surface area contributed by atoms with Gasteiger partial charge in [0.1, 0.15) is 6.10 Å². The van der Waals surface area contributed by atoms with Crippen molar-refractivity contribution >= 4 is 11.8 Å². The van der Waals surface area contributed by atoms with Crippen molar-refractivity contribution in [2.24, 2.45) is 47.3 Å². The molecule has 0 aromatic heterocycles. The molecule has 6 aliphatic rings. The first-order valence-electron chi connectivity index (χ1n) is 23.3. The number of aliphatic carboxylic acids is 1. The van der Waals surface area contributed by atoms with Crippen molar-refractivity contribution in [2.45, 2.75) is 212 Å². The predicted molar refractivity (Wildman–Crippen MR) is 223 cm³/mol. The van der Waals surface area contributed by atoms with Crippen LogP contribution in [0, 0.1) is 47.3 Å². The summed E-state index contributed by atoms with van der Waals surface area (Å²) in [7, 11) is 1.55. The van der Waals surface area contributed by atoms with Crippen molar-refractivity contribution in [2.75, 3.05) is 13.7 Å². The molecule has 6 heterocycles. The van der Waals surface area contributed by atoms with Gasteiger partial charge in [-0.05, 0) is 63.9 Å². The molecule has 63 heavy (non-hydrogen) atoms. The Bertz CT molecular complexity index is 1610. The number of hydrogen-bond donors (Lipinski definition) is 4. The number of rotatable bonds is 13. The van der Waals surface area contributed by atoms with Crippen LogP contribution in [-0.2, 0) is 47.5 Å². The number of methoxy groups -OCH3 is 1. The minimum Gasteiger partial charge on any atom is -0.550 e. The number of aliphatic hydroxyl groups is 4. The molecule has 0 amide bonds. The third-order valence-electron chi connectivity index (χ3n) is 15.9. The summed E-state index contributed by atoms with van der Waals surface area (Å²) in [6.07, 6.45) is -0.596. The first-order valence-corrected chi connectivity index (χ1v) is 23.3. The Kier molecular flexibility index (Phi) is 17.4. The molecule has 15 nitrogen and oxygen atoms in total. The van der Waals surface area contributed by atoms with Crippen molar-refractivity contribution in [1.29, 1.82) is 0 Å². The summed E-state index contributed by atoms with van der Waals surface area (Å²) in [6, 6.07) is 0. The van der Waals surface area contributed by atoms with Gasteiger partial charge in [-0.2, -0.15) is 0 Å². The molecule has 6 fully saturated rings. The normalized spacial score (nSPS) is 48.4. The van der Waals surface area contributed by atoms with E-state index in [0.717, 1.165) is 0 Å². The van der Waals surface area contributed by atoms with Gasteiger partial charge in [-0.25, -0.2) is 0 Å². The first-order chi connectivity index (χ1) is 28.9. The number of ketones is 1. The number of carbonyl (C=O) groups is 2. The Labute approximate surface area is 396 Å². The van der Waals surface area contributed by atoms with Crippen LogP contribution in [0.5, 0.6) is 0 Å². The van der Waals surface area contributed by atoms with Gasteiger partial charge in [-0.3, -0.25) is 4.79 Å². The topological polar surface area (TPSA) is 212 Å². The van der Waals surface area contributed by atoms with Crippen LogP contribution in [-0.4, -0.2) is 130 Å². The van der Waals surface area contributed by atoms with E-state index in [1.54, 1.807) is 27.9 Å². The van der Waals surface area contributed by atoms with Gasteiger partial charge in [-0.15, -0.1) is 0 Å². The minimum absolute atomic E-state index is 0. The molecule has 0 radical (unpaired) electrons. The smallest absolute Gasteiger partial charge is 0.550 e. The Balaban J connectivity index is 0.00000748. The zero-order valence-corrected chi connectivity index (χ0v) is 42.1. The molecule has 356 valence electrons. The third-order valence-corrected chi connectivity index (χ3v) is 15.9. The number of carbonyl (C=O) groups excluding carboxylic acids is 2. The second-order valence-corrected chi connectivity index (χ2v) is 20.8. The largest absolute Gasteiger partial charge is 1.00 e. The average molecular weight is 905 g/mol. The summed E-state index contributed by atoms with van der Waals surface area (Å²) in [4.78, 5) is 24.7. The molecule has 0 bridgehead atoms. The fraction of sp³-hybridized carbons (Fsp3) is 0.915. The van der Waals surface area contributed by atoms with Crippen LogP contribution in [0.4, 0.5) is 0 Å². The van der Waals surface area contributed by atoms with E-state index in [-0.39, 0.29) is 90.1 Å². The molecule has 0 aliphatic carbocycles. The van der Waals surface area contributed by atoms with Crippen LogP contribution in [0.25, 0.3) is 0 Å². The van der Waals surface area contributed by atoms with Crippen molar-refractivity contribution in [3.8, 4) is 0 Å². The first kappa shape index (κ1) is 53.4. The molecule has 4 N–H and O–H groups in total. The maximum atomic E-state index is 13.3. The molecule has 2 spiro atoms. The van der Waals surface area contributed by atoms with Gasteiger partial charge in [0.05, 0.1) is 61.0 Å². The van der Waals surface area contributed by atoms with E-state index in [9.17, 15) is 35.1 Å². The number of ether oxygens (including phenoxy) is 8. The number of allylic oxidation sites excluding steroid dienone is 1. The molecule has 16 heteroatoms. The quantitative estimate of drug-likeness (QED) is 0.149. The summed E-state index contributed by atoms with van der Waals surface area (Å²) >= 11 is 0. The number of aliphatic hydroxyl groups excluding tert-OH is 3. The molecule has 22 atom stereocenters. The van der Waals surface area contributed by atoms with Crippen LogP contribution in [0.15, 0.2) is 11.6 Å². The van der Waals surface area contributed by atoms with E-state index in [2.05, 4.69) is 20.8 Å². The van der Waals surface area contributed by atoms with E-state index < -0.39 is 109 Å². The number of carboxylic acids is 1. The zero-order valence-electron chi connectivity index (χ0n) is 40.1. The maximum absolute atomic E-state index is 13.3. The molecule has 6 saturated heterocycles. The molecule has 6 aliphatic heterocycles. The summed E-state index contributed by atoms with van der Waals surface area (Å²) in [6.45, 7) is 20.3. The standard InChI is InChI=1S/C47H78O15.Na/c1-23(39(51)24(2)16-27(5)43(52)53)15-25(3)40-30(8)34(50)21-45(60-40)14-13-44(11,62-45)37-20-35(57-38-19-33(49)42(55-12)32(10)56-38)31(9)47(59-37)29(7)18-36(58-47)41-26(4)17-28(6)46(54,22-48)61-41;/h15,24-38,40-42,48-50,54H,13-14,16-22H2,1-12H3,(H,52,53);/q;+1/p-1/b23-15+;/t24-,25+,26+,27+,28-,29+,30-,31-,32-,33-,34+,35+,36-,37-,38?,40-,41+,42-,44+,45-,46+,47+;/m1./s1. The van der Waals surface area contributed by atoms with Crippen LogP contribution in [0.1, 0.15) is 128 Å². The Hall–Kier alpha value is -0.600. The molecule has 1 unspecified atom stereocenters. The average Bonchev–Trinajstić information content (AvgIpc) is 3.71. The summed E-state index contributed by atoms with van der Waals surface area (Å²) in [5.74, 6) is -7.91. The SMILES string of the molecule is CO[C@H]1[C@H](O)CC(O[C@H]2C[C@H]([C@]3(C)CC[C@]4(C[C@H](O)[C@@H](C)[C@@H]([C@@H](C)/C=C(\C)C(=O)[C@H](C)C[C@H](C)C(=O)[O-])O4)O3)O[C@]3(O[C@@H]([C@H]4O[C@@](O)(CO)[C@H](C)C[C@@H]4C)C[C@@H]3C)[C@@H]2C)O[C@@H]1C.[Na+]. The second kappa shape index (κ2) is 20.6. The maximum Gasteiger partial charge on any atom is 1.00 e. The monoisotopic (exact) mass is 905 g/mol. The van der Waals surface area contributed by atoms with Crippen molar-refractivity contribution in [1.82, 2.24) is 0 Å². The third kappa shape index (κ3) is 10.7. The predicted octanol–water partition coefficient (Wildman–Crippen LogP) is 0.790. The van der Waals surface area contributed by atoms with Crippen molar-refractivity contribution < 1.29 is 103 Å². The van der Waals surface area contributed by atoms with Gasteiger partial charge >= 0.3 is 29.6 Å². The zero-order chi connectivity index (χ0) is 45.9. The Morgan fingerprint density at radius 1 is 0.905 bits per heavy atom. The minimum atomic E-state index is -1.69. The van der Waals surface area contributed by atoms with Crippen molar-refractivity contribution in [3.05, 3.63) is 11.6 Å². The molecule has 0 aromatic carbocycles. The molecule has 0 aromatic rings. The van der Waals surface area contributed by atoms with Gasteiger partial charge in [0, 0.05) is 74.3 Å². The number of carboxylic acid groups (broad SMARTS) is 1. The van der Waals surface area contributed by atoms with E-state index in [1.165, 1.54) is 0 Å². The van der Waals surface area contributed by atoms with Gasteiger partial charge in [0.15, 0.2) is 29.4 Å². The summed E-state index contributed by atoms with van der Waals surface area (Å²) < 4.78 is 53.4. The van der Waals surface area contributed by atoms with Crippen LogP contribution in [0.3, 0.4) is 0 Å². The summed E-state index contributed by atoms with van der Waals surface area (Å²) in [5, 5.41) is 55.4. The van der Waals surface area contributed by atoms with Crippen LogP contribution >= 0.6 is 0 Å². The second-order valence-electron chi connectivity index (χ2n) is 20.8. The van der Waals surface area contributed by atoms with Gasteiger partial charge in [0.25, 0.3) is 0 Å². The molecular weight excluding hydrogens is 827 g/mol. The molecule has 0 saturated carbocycles. The molecule has 6 rings (SSSR count). The van der Waals surface area contributed by atoms with Gasteiger partial charge < -0.3 is 68.2 Å². The fourth-order valence-corrected chi connectivity index (χ4v) is 11.9. The van der Waals surface area contributed by atoms with Gasteiger partial charge in [0.2, 0.25) is 0 Å². The summed E-state index contributed by atoms with van der Waals surface area (Å²) in [5.41, 5.74) is -0.424.